The van der Waals surface area contributed by atoms with Crippen LogP contribution in [0.1, 0.15) is 31.8 Å². The predicted octanol–water partition coefficient (Wildman–Crippen LogP) is 3.60. The van der Waals surface area contributed by atoms with Crippen LogP contribution in [0.2, 0.25) is 0 Å². The number of nitrogens with two attached hydrogens (primary N) is 1. The zero-order chi connectivity index (χ0) is 24.4. The fourth-order valence-corrected chi connectivity index (χ4v) is 4.10. The lowest BCUT2D eigenvalue weighted by Crippen LogP contribution is -2.28. The number of rotatable bonds is 7. The summed E-state index contributed by atoms with van der Waals surface area (Å²) >= 11 is 0. The molecule has 172 valence electrons. The molecule has 4 aromatic rings. The molecule has 2 heterocycles. The van der Waals surface area contributed by atoms with E-state index in [4.69, 9.17) is 15.7 Å². The number of aromatic nitrogens is 1. The molecule has 3 aromatic carbocycles. The average molecular weight is 463 g/mol. The maximum Gasteiger partial charge on any atom is 0.252 e. The zero-order valence-electron chi connectivity index (χ0n) is 18.6. The number of amides is 1. The molecule has 0 saturated carbocycles. The number of fused-ring (bicyclic) bond motifs is 2. The largest absolute Gasteiger partial charge is 0.485 e. The molecule has 0 radical (unpaired) electrons. The van der Waals surface area contributed by atoms with Crippen molar-refractivity contribution in [1.82, 2.24) is 15.8 Å². The Kier molecular flexibility index (Phi) is 5.65. The second kappa shape index (κ2) is 9.08. The summed E-state index contributed by atoms with van der Waals surface area (Å²) in [4.78, 5) is 28.2. The van der Waals surface area contributed by atoms with Crippen LogP contribution in [0.15, 0.2) is 78.8 Å². The number of benzene rings is 3. The van der Waals surface area contributed by atoms with E-state index in [0.29, 0.717) is 22.9 Å². The Morgan fingerprint density at radius 2 is 1.91 bits per heavy atom. The van der Waals surface area contributed by atoms with Crippen molar-refractivity contribution in [2.24, 2.45) is 5.73 Å². The van der Waals surface area contributed by atoms with E-state index in [1.165, 1.54) is 0 Å². The van der Waals surface area contributed by atoms with E-state index in [1.54, 1.807) is 36.5 Å². The molecule has 1 aromatic heterocycles. The Labute approximate surface area is 200 Å². The van der Waals surface area contributed by atoms with Crippen molar-refractivity contribution in [2.45, 2.75) is 6.42 Å². The van der Waals surface area contributed by atoms with Gasteiger partial charge in [-0.15, -0.1) is 0 Å². The Bertz CT molecular complexity index is 1590. The van der Waals surface area contributed by atoms with Crippen LogP contribution < -0.4 is 21.3 Å². The first kappa shape index (κ1) is 21.8. The highest BCUT2D eigenvalue weighted by Gasteiger charge is 2.17. The molecule has 1 aliphatic rings. The molecule has 0 bridgehead atoms. The van der Waals surface area contributed by atoms with Crippen molar-refractivity contribution in [3.8, 4) is 11.8 Å². The number of Topliss-reactive ketones (excluding diaryl/α,β-unsaturated/α-hetero) is 1. The fraction of sp³-hybridized carbons (Fsp3) is 0.0741. The number of hydrogen-bond donors (Lipinski definition) is 4. The van der Waals surface area contributed by atoms with E-state index in [0.717, 1.165) is 27.5 Å². The summed E-state index contributed by atoms with van der Waals surface area (Å²) in [6.45, 7) is -0.258. The number of hydrogen-bond acceptors (Lipinski definition) is 6. The van der Waals surface area contributed by atoms with Crippen molar-refractivity contribution < 1.29 is 14.3 Å². The molecular weight excluding hydrogens is 442 g/mol. The van der Waals surface area contributed by atoms with Gasteiger partial charge in [0, 0.05) is 41.0 Å². The van der Waals surface area contributed by atoms with Crippen LogP contribution in [0.5, 0.6) is 5.75 Å². The van der Waals surface area contributed by atoms with Gasteiger partial charge in [0.15, 0.2) is 6.61 Å². The molecule has 5 rings (SSSR count). The summed E-state index contributed by atoms with van der Waals surface area (Å²) in [6.07, 6.45) is 8.12. The summed E-state index contributed by atoms with van der Waals surface area (Å²) in [6, 6.07) is 16.3. The summed E-state index contributed by atoms with van der Waals surface area (Å²) in [7, 11) is 0. The molecule has 8 heteroatoms. The third kappa shape index (κ3) is 4.43. The van der Waals surface area contributed by atoms with Crippen LogP contribution in [0, 0.1) is 11.3 Å². The number of nitrogens with one attached hydrogen (secondary N) is 3. The summed E-state index contributed by atoms with van der Waals surface area (Å²) < 4.78 is 5.76. The van der Waals surface area contributed by atoms with Crippen LogP contribution in [0.3, 0.4) is 0 Å². The molecule has 5 N–H and O–H groups in total. The number of ketones is 1. The Morgan fingerprint density at radius 1 is 1.03 bits per heavy atom. The minimum Gasteiger partial charge on any atom is -0.485 e. The zero-order valence-corrected chi connectivity index (χ0v) is 18.6. The number of hydrazine groups is 1. The highest BCUT2D eigenvalue weighted by Crippen LogP contribution is 2.28. The number of nitrogens with zero attached hydrogens (tertiary/aromatic N) is 1. The van der Waals surface area contributed by atoms with Gasteiger partial charge in [-0.05, 0) is 58.8 Å². The Hall–Kier alpha value is -5.03. The van der Waals surface area contributed by atoms with Crippen molar-refractivity contribution in [3.63, 3.8) is 0 Å². The summed E-state index contributed by atoms with van der Waals surface area (Å²) in [5.41, 5.74) is 15.7. The highest BCUT2D eigenvalue weighted by molar-refractivity contribution is 6.09. The first-order valence-corrected chi connectivity index (χ1v) is 10.9. The van der Waals surface area contributed by atoms with Gasteiger partial charge < -0.3 is 26.3 Å². The Balaban J connectivity index is 1.36. The first-order valence-electron chi connectivity index (χ1n) is 10.9. The van der Waals surface area contributed by atoms with Gasteiger partial charge in [-0.2, -0.15) is 5.26 Å². The fourth-order valence-electron chi connectivity index (χ4n) is 4.10. The lowest BCUT2D eigenvalue weighted by atomic mass is 10.0. The third-order valence-electron chi connectivity index (χ3n) is 5.84. The molecule has 0 aliphatic carbocycles. The normalized spacial score (nSPS) is 12.5. The average Bonchev–Trinajstić information content (AvgIpc) is 3.30. The van der Waals surface area contributed by atoms with Gasteiger partial charge in [0.2, 0.25) is 5.78 Å². The number of allylic oxidation sites excluding steroid dienone is 3. The minimum atomic E-state index is -0.676. The van der Waals surface area contributed by atoms with E-state index >= 15 is 0 Å². The molecule has 1 amide bonds. The molecule has 0 unspecified atom stereocenters. The van der Waals surface area contributed by atoms with Crippen molar-refractivity contribution in [3.05, 3.63) is 101 Å². The highest BCUT2D eigenvalue weighted by atomic mass is 16.5. The molecule has 8 nitrogen and oxygen atoms in total. The lowest BCUT2D eigenvalue weighted by Gasteiger charge is -2.13. The van der Waals surface area contributed by atoms with Crippen LogP contribution in [-0.2, 0) is 6.42 Å². The quantitative estimate of drug-likeness (QED) is 0.310. The predicted molar refractivity (Wildman–Crippen MR) is 133 cm³/mol. The molecule has 0 fully saturated rings. The van der Waals surface area contributed by atoms with Crippen LogP contribution in [0.4, 0.5) is 0 Å². The number of aromatic amines is 1. The topological polar surface area (TPSA) is 133 Å². The molecule has 0 spiro atoms. The van der Waals surface area contributed by atoms with Gasteiger partial charge in [0.05, 0.1) is 17.2 Å². The SMILES string of the molecule is N#Cc1ccc2cc(OCC(=O)c3c[nH]c4cc(CC5=CC=CNN5)ccc34)c(C(N)=O)cc2c1. The molecule has 35 heavy (non-hydrogen) atoms. The van der Waals surface area contributed by atoms with Gasteiger partial charge in [-0.25, -0.2) is 0 Å². The van der Waals surface area contributed by atoms with Gasteiger partial charge in [0.1, 0.15) is 5.75 Å². The second-order valence-corrected chi connectivity index (χ2v) is 8.18. The maximum absolute atomic E-state index is 13.0. The summed E-state index contributed by atoms with van der Waals surface area (Å²) in [5.74, 6) is -0.684. The van der Waals surface area contributed by atoms with Crippen LogP contribution >= 0.6 is 0 Å². The number of primary amides is 1. The first-order chi connectivity index (χ1) is 17.0. The molecular formula is C27H21N5O3. The lowest BCUT2D eigenvalue weighted by molar-refractivity contribution is 0.0914. The molecule has 1 aliphatic heterocycles. The van der Waals surface area contributed by atoms with E-state index in [9.17, 15) is 9.59 Å². The minimum absolute atomic E-state index is 0.152. The Morgan fingerprint density at radius 3 is 2.69 bits per heavy atom. The van der Waals surface area contributed by atoms with Gasteiger partial charge in [0.25, 0.3) is 5.91 Å². The van der Waals surface area contributed by atoms with Crippen molar-refractivity contribution >= 4 is 33.4 Å². The monoisotopic (exact) mass is 463 g/mol. The van der Waals surface area contributed by atoms with Crippen molar-refractivity contribution in [1.29, 1.82) is 5.26 Å². The maximum atomic E-state index is 13.0. The number of carbonyl (C=O) groups is 2. The van der Waals surface area contributed by atoms with E-state index < -0.39 is 5.91 Å². The summed E-state index contributed by atoms with van der Waals surface area (Å²) in [5, 5.41) is 11.4. The number of H-pyrrole nitrogens is 1. The number of nitriles is 1. The van der Waals surface area contributed by atoms with E-state index in [1.807, 2.05) is 36.6 Å². The molecule has 0 saturated heterocycles. The second-order valence-electron chi connectivity index (χ2n) is 8.18. The van der Waals surface area contributed by atoms with Crippen LogP contribution in [0.25, 0.3) is 21.7 Å². The van der Waals surface area contributed by atoms with E-state index in [2.05, 4.69) is 21.9 Å². The standard InChI is InChI=1S/C27H21N5O3/c28-13-17-3-5-18-12-26(22(27(29)34)11-19(18)8-17)35-15-25(33)23-14-30-24-10-16(4-6-21(23)24)9-20-2-1-7-31-32-20/h1-8,10-12,14,30-32H,9,15H2,(H2,29,34). The number of ether oxygens (including phenoxy) is 1. The molecule has 0 atom stereocenters. The van der Waals surface area contributed by atoms with Crippen molar-refractivity contribution in [2.75, 3.05) is 6.61 Å². The van der Waals surface area contributed by atoms with Gasteiger partial charge in [-0.3, -0.25) is 9.59 Å². The van der Waals surface area contributed by atoms with Crippen LogP contribution in [-0.4, -0.2) is 23.3 Å². The third-order valence-corrected chi connectivity index (χ3v) is 5.84. The van der Waals surface area contributed by atoms with Gasteiger partial charge in [-0.1, -0.05) is 18.2 Å². The smallest absolute Gasteiger partial charge is 0.252 e. The van der Waals surface area contributed by atoms with E-state index in [-0.39, 0.29) is 23.7 Å². The van der Waals surface area contributed by atoms with Gasteiger partial charge >= 0.3 is 0 Å². The number of carbonyl (C=O) groups excluding carboxylic acids is 2.